The van der Waals surface area contributed by atoms with Crippen LogP contribution in [0, 0.1) is 5.92 Å². The Kier molecular flexibility index (Phi) is 3.57. The molecule has 1 aromatic carbocycles. The highest BCUT2D eigenvalue weighted by Gasteiger charge is 2.23. The van der Waals surface area contributed by atoms with E-state index >= 15 is 0 Å². The minimum atomic E-state index is -0.691. The first-order valence-corrected chi connectivity index (χ1v) is 5.97. The molecule has 0 amide bonds. The number of fused-ring (bicyclic) bond motifs is 1. The maximum Gasteiger partial charge on any atom is 0.374 e. The van der Waals surface area contributed by atoms with Gasteiger partial charge in [-0.3, -0.25) is 4.79 Å². The van der Waals surface area contributed by atoms with Crippen molar-refractivity contribution in [2.24, 2.45) is 5.92 Å². The number of carbonyl (C=O) groups is 2. The lowest BCUT2D eigenvalue weighted by atomic mass is 10.1. The summed E-state index contributed by atoms with van der Waals surface area (Å²) in [4.78, 5) is 22.3. The highest BCUT2D eigenvalue weighted by atomic mass is 16.5. The van der Waals surface area contributed by atoms with Crippen molar-refractivity contribution in [3.63, 3.8) is 0 Å². The molecule has 0 bridgehead atoms. The summed E-state index contributed by atoms with van der Waals surface area (Å²) in [5.74, 6) is -0.815. The number of hydrogen-bond donors (Lipinski definition) is 0. The smallest absolute Gasteiger partial charge is 0.374 e. The second-order valence-electron chi connectivity index (χ2n) is 4.42. The van der Waals surface area contributed by atoms with Gasteiger partial charge in [-0.25, -0.2) is 4.79 Å². The summed E-state index contributed by atoms with van der Waals surface area (Å²) in [7, 11) is 0. The quantitative estimate of drug-likeness (QED) is 0.588. The van der Waals surface area contributed by atoms with Crippen molar-refractivity contribution >= 4 is 11.8 Å². The number of esters is 1. The Morgan fingerprint density at radius 1 is 1.24 bits per heavy atom. The zero-order chi connectivity index (χ0) is 12.3. The molecule has 0 aliphatic heterocycles. The Hall–Kier alpha value is -1.64. The van der Waals surface area contributed by atoms with Gasteiger partial charge in [-0.15, -0.1) is 0 Å². The lowest BCUT2D eigenvalue weighted by Gasteiger charge is -2.08. The number of rotatable bonds is 4. The van der Waals surface area contributed by atoms with Crippen molar-refractivity contribution in [2.75, 3.05) is 6.61 Å². The number of hydrogen-bond acceptors (Lipinski definition) is 3. The zero-order valence-corrected chi connectivity index (χ0v) is 9.94. The standard InChI is InChI=1S/C14H16O3/c1-2-13(15)14(16)17-9-10-7-11-5-3-4-6-12(11)8-10/h3-6,10H,2,7-9H2,1H3. The summed E-state index contributed by atoms with van der Waals surface area (Å²) in [6.07, 6.45) is 2.08. The van der Waals surface area contributed by atoms with Crippen molar-refractivity contribution < 1.29 is 14.3 Å². The number of ether oxygens (including phenoxy) is 1. The van der Waals surface area contributed by atoms with Crippen molar-refractivity contribution in [3.8, 4) is 0 Å². The molecule has 3 nitrogen and oxygen atoms in total. The Labute approximate surface area is 101 Å². The second kappa shape index (κ2) is 5.13. The van der Waals surface area contributed by atoms with Gasteiger partial charge >= 0.3 is 5.97 Å². The van der Waals surface area contributed by atoms with Gasteiger partial charge in [-0.05, 0) is 24.0 Å². The fourth-order valence-electron chi connectivity index (χ4n) is 2.19. The van der Waals surface area contributed by atoms with Crippen LogP contribution in [0.1, 0.15) is 24.5 Å². The van der Waals surface area contributed by atoms with E-state index < -0.39 is 11.8 Å². The number of carbonyl (C=O) groups excluding carboxylic acids is 2. The molecule has 0 fully saturated rings. The average Bonchev–Trinajstić information content (AvgIpc) is 2.77. The molecule has 0 unspecified atom stereocenters. The third kappa shape index (κ3) is 2.73. The van der Waals surface area contributed by atoms with Crippen molar-refractivity contribution in [2.45, 2.75) is 26.2 Å². The predicted molar refractivity (Wildman–Crippen MR) is 63.6 cm³/mol. The summed E-state index contributed by atoms with van der Waals surface area (Å²) in [5, 5.41) is 0. The number of benzene rings is 1. The molecular weight excluding hydrogens is 216 g/mol. The minimum Gasteiger partial charge on any atom is -0.460 e. The van der Waals surface area contributed by atoms with Crippen molar-refractivity contribution in [3.05, 3.63) is 35.4 Å². The summed E-state index contributed by atoms with van der Waals surface area (Å²) in [6, 6.07) is 8.25. The molecule has 0 saturated carbocycles. The molecule has 17 heavy (non-hydrogen) atoms. The fraction of sp³-hybridized carbons (Fsp3) is 0.429. The molecule has 0 spiro atoms. The molecule has 2 rings (SSSR count). The molecule has 0 heterocycles. The van der Waals surface area contributed by atoms with Crippen LogP contribution in [-0.2, 0) is 27.2 Å². The van der Waals surface area contributed by atoms with E-state index in [1.54, 1.807) is 6.92 Å². The Bertz CT molecular complexity index is 412. The average molecular weight is 232 g/mol. The van der Waals surface area contributed by atoms with Crippen LogP contribution in [0.15, 0.2) is 24.3 Å². The third-order valence-corrected chi connectivity index (χ3v) is 3.13. The lowest BCUT2D eigenvalue weighted by molar-refractivity contribution is -0.154. The van der Waals surface area contributed by atoms with Gasteiger partial charge in [0.1, 0.15) is 0 Å². The van der Waals surface area contributed by atoms with Crippen LogP contribution in [-0.4, -0.2) is 18.4 Å². The summed E-state index contributed by atoms with van der Waals surface area (Å²) < 4.78 is 5.02. The Morgan fingerprint density at radius 3 is 2.35 bits per heavy atom. The van der Waals surface area contributed by atoms with E-state index in [4.69, 9.17) is 4.74 Å². The van der Waals surface area contributed by atoms with Gasteiger partial charge in [0.15, 0.2) is 0 Å². The fourth-order valence-corrected chi connectivity index (χ4v) is 2.19. The third-order valence-electron chi connectivity index (χ3n) is 3.13. The van der Waals surface area contributed by atoms with E-state index in [0.717, 1.165) is 12.8 Å². The van der Waals surface area contributed by atoms with Crippen LogP contribution in [0.4, 0.5) is 0 Å². The molecule has 90 valence electrons. The van der Waals surface area contributed by atoms with Crippen molar-refractivity contribution in [1.82, 2.24) is 0 Å². The minimum absolute atomic E-state index is 0.212. The molecule has 1 aliphatic carbocycles. The monoisotopic (exact) mass is 232 g/mol. The number of ketones is 1. The second-order valence-corrected chi connectivity index (χ2v) is 4.42. The molecule has 0 radical (unpaired) electrons. The summed E-state index contributed by atoms with van der Waals surface area (Å²) in [5.41, 5.74) is 2.66. The van der Waals surface area contributed by atoms with Crippen LogP contribution >= 0.6 is 0 Å². The van der Waals surface area contributed by atoms with Gasteiger partial charge in [-0.2, -0.15) is 0 Å². The SMILES string of the molecule is CCC(=O)C(=O)OCC1Cc2ccccc2C1. The summed E-state index contributed by atoms with van der Waals surface area (Å²) >= 11 is 0. The first-order valence-electron chi connectivity index (χ1n) is 5.97. The van der Waals surface area contributed by atoms with Crippen LogP contribution in [0.5, 0.6) is 0 Å². The van der Waals surface area contributed by atoms with Gasteiger partial charge < -0.3 is 4.74 Å². The number of Topliss-reactive ketones (excluding diaryl/α,β-unsaturated/α-hetero) is 1. The molecule has 3 heteroatoms. The maximum atomic E-state index is 11.2. The van der Waals surface area contributed by atoms with Crippen LogP contribution in [0.2, 0.25) is 0 Å². The van der Waals surface area contributed by atoms with E-state index in [2.05, 4.69) is 12.1 Å². The largest absolute Gasteiger partial charge is 0.460 e. The van der Waals surface area contributed by atoms with Crippen molar-refractivity contribution in [1.29, 1.82) is 0 Å². The molecule has 0 atom stereocenters. The van der Waals surface area contributed by atoms with Gasteiger partial charge in [0, 0.05) is 12.3 Å². The van der Waals surface area contributed by atoms with E-state index in [1.807, 2.05) is 12.1 Å². The van der Waals surface area contributed by atoms with E-state index in [-0.39, 0.29) is 6.42 Å². The van der Waals surface area contributed by atoms with Gasteiger partial charge in [0.05, 0.1) is 6.61 Å². The van der Waals surface area contributed by atoms with Gasteiger partial charge in [0.2, 0.25) is 5.78 Å². The van der Waals surface area contributed by atoms with E-state index in [0.29, 0.717) is 12.5 Å². The molecule has 0 aromatic heterocycles. The molecule has 1 aromatic rings. The summed E-state index contributed by atoms with van der Waals surface area (Å²) in [6.45, 7) is 2.01. The molecule has 0 saturated heterocycles. The lowest BCUT2D eigenvalue weighted by Crippen LogP contribution is -2.20. The van der Waals surface area contributed by atoms with Crippen LogP contribution in [0.3, 0.4) is 0 Å². The van der Waals surface area contributed by atoms with Crippen LogP contribution < -0.4 is 0 Å². The molecule has 0 N–H and O–H groups in total. The predicted octanol–water partition coefficient (Wildman–Crippen LogP) is 1.92. The highest BCUT2D eigenvalue weighted by Crippen LogP contribution is 2.26. The molecule has 1 aliphatic rings. The molecular formula is C14H16O3. The first-order chi connectivity index (χ1) is 8.20. The van der Waals surface area contributed by atoms with Gasteiger partial charge in [-0.1, -0.05) is 31.2 Å². The van der Waals surface area contributed by atoms with Crippen LogP contribution in [0.25, 0.3) is 0 Å². The highest BCUT2D eigenvalue weighted by molar-refractivity contribution is 6.33. The topological polar surface area (TPSA) is 43.4 Å². The van der Waals surface area contributed by atoms with E-state index in [1.165, 1.54) is 11.1 Å². The Balaban J connectivity index is 1.84. The maximum absolute atomic E-state index is 11.2. The Morgan fingerprint density at radius 2 is 1.82 bits per heavy atom. The zero-order valence-electron chi connectivity index (χ0n) is 9.94. The normalized spacial score (nSPS) is 14.4. The van der Waals surface area contributed by atoms with E-state index in [9.17, 15) is 9.59 Å². The van der Waals surface area contributed by atoms with Gasteiger partial charge in [0.25, 0.3) is 0 Å². The first kappa shape index (κ1) is 11.8.